The van der Waals surface area contributed by atoms with Gasteiger partial charge in [-0.15, -0.1) is 0 Å². The third-order valence-electron chi connectivity index (χ3n) is 3.87. The van der Waals surface area contributed by atoms with Gasteiger partial charge in [-0.25, -0.2) is 8.42 Å². The van der Waals surface area contributed by atoms with Gasteiger partial charge in [0, 0.05) is 12.8 Å². The third kappa shape index (κ3) is 3.94. The molecule has 0 radical (unpaired) electrons. The highest BCUT2D eigenvalue weighted by Crippen LogP contribution is 2.27. The zero-order valence-electron chi connectivity index (χ0n) is 11.9. The molecule has 0 atom stereocenters. The van der Waals surface area contributed by atoms with Crippen LogP contribution in [-0.4, -0.2) is 27.8 Å². The number of anilines is 1. The summed E-state index contributed by atoms with van der Waals surface area (Å²) in [5, 5.41) is 3.25. The average Bonchev–Trinajstić information content (AvgIpc) is 2.40. The van der Waals surface area contributed by atoms with Crippen molar-refractivity contribution in [2.24, 2.45) is 11.1 Å². The van der Waals surface area contributed by atoms with E-state index in [0.717, 1.165) is 12.8 Å². The molecule has 0 amide bonds. The molecule has 0 fully saturated rings. The van der Waals surface area contributed by atoms with Gasteiger partial charge in [0.1, 0.15) is 0 Å². The van der Waals surface area contributed by atoms with E-state index in [0.29, 0.717) is 23.7 Å². The van der Waals surface area contributed by atoms with Gasteiger partial charge >= 0.3 is 0 Å². The van der Waals surface area contributed by atoms with Crippen LogP contribution in [0.15, 0.2) is 29.2 Å². The number of nitrogens with one attached hydrogen (secondary N) is 1. The van der Waals surface area contributed by atoms with E-state index in [4.69, 9.17) is 5.73 Å². The summed E-state index contributed by atoms with van der Waals surface area (Å²) >= 11 is 0. The van der Waals surface area contributed by atoms with Crippen molar-refractivity contribution in [3.05, 3.63) is 24.3 Å². The lowest BCUT2D eigenvalue weighted by Gasteiger charge is -2.31. The average molecular weight is 284 g/mol. The fraction of sp³-hybridized carbons (Fsp3) is 0.571. The fourth-order valence-electron chi connectivity index (χ4n) is 2.08. The van der Waals surface area contributed by atoms with Crippen LogP contribution in [0, 0.1) is 5.41 Å². The Morgan fingerprint density at radius 2 is 1.79 bits per heavy atom. The molecule has 0 aliphatic carbocycles. The largest absolute Gasteiger partial charge is 0.383 e. The molecule has 0 spiro atoms. The van der Waals surface area contributed by atoms with Crippen molar-refractivity contribution in [2.75, 3.05) is 24.7 Å². The second-order valence-electron chi connectivity index (χ2n) is 5.03. The van der Waals surface area contributed by atoms with E-state index < -0.39 is 9.84 Å². The van der Waals surface area contributed by atoms with Crippen molar-refractivity contribution >= 4 is 15.5 Å². The molecule has 0 saturated heterocycles. The van der Waals surface area contributed by atoms with Crippen LogP contribution in [0.5, 0.6) is 0 Å². The van der Waals surface area contributed by atoms with Gasteiger partial charge in [0.25, 0.3) is 0 Å². The molecule has 5 heteroatoms. The highest BCUT2D eigenvalue weighted by molar-refractivity contribution is 7.90. The molecular weight excluding hydrogens is 260 g/mol. The molecule has 0 aromatic heterocycles. The minimum absolute atomic E-state index is 0.0185. The van der Waals surface area contributed by atoms with Crippen LogP contribution in [-0.2, 0) is 9.84 Å². The van der Waals surface area contributed by atoms with Crippen molar-refractivity contribution < 1.29 is 8.42 Å². The highest BCUT2D eigenvalue weighted by Gasteiger charge is 2.24. The highest BCUT2D eigenvalue weighted by atomic mass is 32.2. The standard InChI is InChI=1S/C14H24N2O2S/c1-4-14(5-2,10-15)11-16-12-8-6-7-9-13(12)19(3,17)18/h6-9,16H,4-5,10-11,15H2,1-3H3. The topological polar surface area (TPSA) is 72.2 Å². The molecule has 4 nitrogen and oxygen atoms in total. The van der Waals surface area contributed by atoms with Gasteiger partial charge in [-0.2, -0.15) is 0 Å². The number of nitrogens with two attached hydrogens (primary N) is 1. The molecule has 0 saturated carbocycles. The molecule has 0 aliphatic rings. The quantitative estimate of drug-likeness (QED) is 0.805. The third-order valence-corrected chi connectivity index (χ3v) is 5.03. The summed E-state index contributed by atoms with van der Waals surface area (Å²) in [5.74, 6) is 0. The van der Waals surface area contributed by atoms with E-state index in [1.807, 2.05) is 6.07 Å². The summed E-state index contributed by atoms with van der Waals surface area (Å²) in [7, 11) is -3.22. The van der Waals surface area contributed by atoms with E-state index in [1.54, 1.807) is 18.2 Å². The lowest BCUT2D eigenvalue weighted by molar-refractivity contribution is 0.294. The van der Waals surface area contributed by atoms with Crippen LogP contribution in [0.3, 0.4) is 0 Å². The second-order valence-corrected chi connectivity index (χ2v) is 7.02. The van der Waals surface area contributed by atoms with E-state index >= 15 is 0 Å². The molecule has 0 bridgehead atoms. The zero-order valence-corrected chi connectivity index (χ0v) is 12.8. The van der Waals surface area contributed by atoms with E-state index in [-0.39, 0.29) is 5.41 Å². The number of para-hydroxylation sites is 1. The maximum Gasteiger partial charge on any atom is 0.177 e. The number of benzene rings is 1. The Kier molecular flexibility index (Phi) is 5.38. The van der Waals surface area contributed by atoms with Crippen molar-refractivity contribution in [2.45, 2.75) is 31.6 Å². The van der Waals surface area contributed by atoms with Crippen LogP contribution >= 0.6 is 0 Å². The Morgan fingerprint density at radius 3 is 2.26 bits per heavy atom. The first-order valence-corrected chi connectivity index (χ1v) is 8.50. The first-order chi connectivity index (χ1) is 8.88. The van der Waals surface area contributed by atoms with E-state index in [9.17, 15) is 8.42 Å². The molecular formula is C14H24N2O2S. The normalized spacial score (nSPS) is 12.4. The molecule has 0 heterocycles. The SMILES string of the molecule is CCC(CC)(CN)CNc1ccccc1S(C)(=O)=O. The number of hydrogen-bond acceptors (Lipinski definition) is 4. The fourth-order valence-corrected chi connectivity index (χ4v) is 2.95. The molecule has 0 unspecified atom stereocenters. The van der Waals surface area contributed by atoms with Crippen LogP contribution in [0.4, 0.5) is 5.69 Å². The number of hydrogen-bond donors (Lipinski definition) is 2. The molecule has 1 aromatic rings. The second kappa shape index (κ2) is 6.39. The predicted octanol–water partition coefficient (Wildman–Crippen LogP) is 2.27. The summed E-state index contributed by atoms with van der Waals surface area (Å²) in [5.41, 5.74) is 6.53. The van der Waals surface area contributed by atoms with Crippen molar-refractivity contribution in [3.8, 4) is 0 Å². The van der Waals surface area contributed by atoms with Gasteiger partial charge in [0.15, 0.2) is 9.84 Å². The lowest BCUT2D eigenvalue weighted by Crippen LogP contribution is -2.36. The predicted molar refractivity (Wildman–Crippen MR) is 80.1 cm³/mol. The van der Waals surface area contributed by atoms with Gasteiger partial charge in [-0.1, -0.05) is 26.0 Å². The van der Waals surface area contributed by atoms with Crippen molar-refractivity contribution in [1.29, 1.82) is 0 Å². The molecule has 0 aliphatic heterocycles. The molecule has 108 valence electrons. The Bertz CT molecular complexity index is 500. The maximum atomic E-state index is 11.7. The molecule has 1 rings (SSSR count). The van der Waals surface area contributed by atoms with Gasteiger partial charge in [0.05, 0.1) is 10.6 Å². The number of sulfone groups is 1. The summed E-state index contributed by atoms with van der Waals surface area (Å²) in [6.07, 6.45) is 3.16. The first kappa shape index (κ1) is 16.0. The van der Waals surface area contributed by atoms with Gasteiger partial charge < -0.3 is 11.1 Å². The van der Waals surface area contributed by atoms with Crippen molar-refractivity contribution in [1.82, 2.24) is 0 Å². The smallest absolute Gasteiger partial charge is 0.177 e. The Balaban J connectivity index is 2.96. The minimum atomic E-state index is -3.22. The number of rotatable bonds is 7. The zero-order chi connectivity index (χ0) is 14.5. The molecule has 19 heavy (non-hydrogen) atoms. The Labute approximate surface area is 116 Å². The van der Waals surface area contributed by atoms with Crippen LogP contribution in [0.1, 0.15) is 26.7 Å². The summed E-state index contributed by atoms with van der Waals surface area (Å²) in [6, 6.07) is 6.99. The molecule has 3 N–H and O–H groups in total. The van der Waals surface area contributed by atoms with Crippen molar-refractivity contribution in [3.63, 3.8) is 0 Å². The minimum Gasteiger partial charge on any atom is -0.383 e. The summed E-state index contributed by atoms with van der Waals surface area (Å²) < 4.78 is 23.4. The monoisotopic (exact) mass is 284 g/mol. The van der Waals surface area contributed by atoms with Crippen LogP contribution in [0.2, 0.25) is 0 Å². The summed E-state index contributed by atoms with van der Waals surface area (Å²) in [6.45, 7) is 5.50. The Hall–Kier alpha value is -1.07. The Morgan fingerprint density at radius 1 is 1.21 bits per heavy atom. The van der Waals surface area contributed by atoms with Crippen LogP contribution < -0.4 is 11.1 Å². The van der Waals surface area contributed by atoms with Gasteiger partial charge in [0.2, 0.25) is 0 Å². The first-order valence-electron chi connectivity index (χ1n) is 6.61. The molecule has 1 aromatic carbocycles. The lowest BCUT2D eigenvalue weighted by atomic mass is 9.82. The van der Waals surface area contributed by atoms with Gasteiger partial charge in [-0.05, 0) is 36.9 Å². The summed E-state index contributed by atoms with van der Waals surface area (Å²) in [4.78, 5) is 0.341. The van der Waals surface area contributed by atoms with E-state index in [1.165, 1.54) is 6.26 Å². The van der Waals surface area contributed by atoms with Crippen LogP contribution in [0.25, 0.3) is 0 Å². The maximum absolute atomic E-state index is 11.7. The van der Waals surface area contributed by atoms with Gasteiger partial charge in [-0.3, -0.25) is 0 Å². The van der Waals surface area contributed by atoms with E-state index in [2.05, 4.69) is 19.2 Å².